The zero-order valence-electron chi connectivity index (χ0n) is 16.6. The molecule has 1 N–H and O–H groups in total. The number of carbonyl (C=O) groups is 2. The predicted molar refractivity (Wildman–Crippen MR) is 107 cm³/mol. The Bertz CT molecular complexity index is 907. The molecule has 8 nitrogen and oxygen atoms in total. The third-order valence-electron chi connectivity index (χ3n) is 3.88. The molecule has 0 aromatic heterocycles. The Hall–Kier alpha value is -3.73. The van der Waals surface area contributed by atoms with Crippen LogP contribution in [0.5, 0.6) is 17.2 Å². The van der Waals surface area contributed by atoms with Crippen LogP contribution in [0.4, 0.5) is 5.69 Å². The van der Waals surface area contributed by atoms with E-state index in [9.17, 15) is 9.59 Å². The number of methoxy groups -OCH3 is 1. The second-order valence-electron chi connectivity index (χ2n) is 6.02. The number of nitriles is 1. The van der Waals surface area contributed by atoms with Crippen LogP contribution in [0.1, 0.15) is 12.5 Å². The van der Waals surface area contributed by atoms with Gasteiger partial charge in [-0.05, 0) is 31.2 Å². The van der Waals surface area contributed by atoms with Crippen LogP contribution in [0.3, 0.4) is 0 Å². The lowest BCUT2D eigenvalue weighted by atomic mass is 10.2. The summed E-state index contributed by atoms with van der Waals surface area (Å²) in [6, 6.07) is 13.7. The van der Waals surface area contributed by atoms with Crippen molar-refractivity contribution in [2.45, 2.75) is 6.92 Å². The third kappa shape index (κ3) is 6.43. The van der Waals surface area contributed by atoms with E-state index in [4.69, 9.17) is 19.5 Å². The number of nitrogens with zero attached hydrogens (tertiary/aromatic N) is 2. The van der Waals surface area contributed by atoms with Crippen molar-refractivity contribution in [1.29, 1.82) is 5.26 Å². The molecule has 8 heteroatoms. The summed E-state index contributed by atoms with van der Waals surface area (Å²) in [5.41, 5.74) is 1.00. The molecule has 2 aromatic rings. The van der Waals surface area contributed by atoms with Gasteiger partial charge in [0.15, 0.2) is 18.1 Å². The molecule has 0 saturated heterocycles. The maximum absolute atomic E-state index is 12.3. The van der Waals surface area contributed by atoms with E-state index in [-0.39, 0.29) is 25.0 Å². The summed E-state index contributed by atoms with van der Waals surface area (Å²) in [6.45, 7) is 1.80. The van der Waals surface area contributed by atoms with Crippen molar-refractivity contribution < 1.29 is 23.8 Å². The number of amides is 2. The number of rotatable bonds is 9. The van der Waals surface area contributed by atoms with Gasteiger partial charge in [-0.25, -0.2) is 0 Å². The summed E-state index contributed by atoms with van der Waals surface area (Å²) in [6.07, 6.45) is 0. The lowest BCUT2D eigenvalue weighted by molar-refractivity contribution is -0.135. The van der Waals surface area contributed by atoms with Crippen molar-refractivity contribution in [2.75, 3.05) is 39.2 Å². The summed E-state index contributed by atoms with van der Waals surface area (Å²) < 4.78 is 16.1. The summed E-state index contributed by atoms with van der Waals surface area (Å²) in [7, 11) is 3.05. The molecule has 0 atom stereocenters. The molecule has 0 unspecified atom stereocenters. The lowest BCUT2D eigenvalue weighted by Gasteiger charge is -2.18. The van der Waals surface area contributed by atoms with E-state index in [1.54, 1.807) is 42.5 Å². The van der Waals surface area contributed by atoms with Crippen LogP contribution in [-0.2, 0) is 9.59 Å². The molecule has 0 aliphatic heterocycles. The molecule has 0 aliphatic carbocycles. The van der Waals surface area contributed by atoms with Crippen molar-refractivity contribution in [3.05, 3.63) is 48.0 Å². The van der Waals surface area contributed by atoms with Crippen LogP contribution >= 0.6 is 0 Å². The van der Waals surface area contributed by atoms with Gasteiger partial charge in [-0.15, -0.1) is 0 Å². The monoisotopic (exact) mass is 397 g/mol. The van der Waals surface area contributed by atoms with Crippen LogP contribution < -0.4 is 19.5 Å². The maximum Gasteiger partial charge on any atom is 0.260 e. The molecule has 152 valence electrons. The Balaban J connectivity index is 1.90. The van der Waals surface area contributed by atoms with Crippen LogP contribution in [-0.4, -0.2) is 50.6 Å². The first-order valence-corrected chi connectivity index (χ1v) is 8.94. The van der Waals surface area contributed by atoms with Crippen molar-refractivity contribution in [3.8, 4) is 23.3 Å². The molecule has 0 bridgehead atoms. The molecule has 2 rings (SSSR count). The number of likely N-dealkylation sites (N-methyl/N-ethyl adjacent to an activating group) is 1. The molecule has 0 saturated carbocycles. The maximum atomic E-state index is 12.3. The molecule has 2 amide bonds. The molecular formula is C21H23N3O5. The van der Waals surface area contributed by atoms with E-state index in [2.05, 4.69) is 5.32 Å². The summed E-state index contributed by atoms with van der Waals surface area (Å²) in [4.78, 5) is 25.7. The number of hydrogen-bond donors (Lipinski definition) is 1. The van der Waals surface area contributed by atoms with Gasteiger partial charge in [-0.2, -0.15) is 5.26 Å². The van der Waals surface area contributed by atoms with Crippen molar-refractivity contribution >= 4 is 17.5 Å². The van der Waals surface area contributed by atoms with E-state index in [0.29, 0.717) is 35.1 Å². The average molecular weight is 397 g/mol. The zero-order valence-corrected chi connectivity index (χ0v) is 16.6. The minimum absolute atomic E-state index is 0.134. The van der Waals surface area contributed by atoms with E-state index in [0.717, 1.165) is 0 Å². The second-order valence-corrected chi connectivity index (χ2v) is 6.02. The first kappa shape index (κ1) is 21.6. The number of hydrogen-bond acceptors (Lipinski definition) is 6. The fourth-order valence-corrected chi connectivity index (χ4v) is 2.42. The topological polar surface area (TPSA) is 101 Å². The van der Waals surface area contributed by atoms with Crippen LogP contribution in [0.15, 0.2) is 42.5 Å². The average Bonchev–Trinajstić information content (AvgIpc) is 2.72. The van der Waals surface area contributed by atoms with Crippen LogP contribution in [0, 0.1) is 11.3 Å². The minimum Gasteiger partial charge on any atom is -0.497 e. The summed E-state index contributed by atoms with van der Waals surface area (Å²) in [5.74, 6) is 0.638. The molecule has 0 radical (unpaired) electrons. The van der Waals surface area contributed by atoms with Gasteiger partial charge in [0.25, 0.3) is 5.91 Å². The first-order chi connectivity index (χ1) is 14.0. The van der Waals surface area contributed by atoms with Gasteiger partial charge in [-0.1, -0.05) is 6.07 Å². The highest BCUT2D eigenvalue weighted by Gasteiger charge is 2.15. The molecule has 2 aromatic carbocycles. The number of anilines is 1. The van der Waals surface area contributed by atoms with Gasteiger partial charge in [0.2, 0.25) is 5.91 Å². The standard InChI is InChI=1S/C21H23N3O5/c1-4-28-19-10-15(12-22)8-9-18(19)29-14-21(26)24(2)13-20(25)23-16-6-5-7-17(11-16)27-3/h5-11H,4,13-14H2,1-3H3,(H,23,25). The zero-order chi connectivity index (χ0) is 21.2. The van der Waals surface area contributed by atoms with Gasteiger partial charge in [0, 0.05) is 24.9 Å². The van der Waals surface area contributed by atoms with Gasteiger partial charge in [0.1, 0.15) is 5.75 Å². The SMILES string of the molecule is CCOc1cc(C#N)ccc1OCC(=O)N(C)CC(=O)Nc1cccc(OC)c1. The Morgan fingerprint density at radius 1 is 1.14 bits per heavy atom. The highest BCUT2D eigenvalue weighted by atomic mass is 16.5. The lowest BCUT2D eigenvalue weighted by Crippen LogP contribution is -2.37. The third-order valence-corrected chi connectivity index (χ3v) is 3.88. The summed E-state index contributed by atoms with van der Waals surface area (Å²) >= 11 is 0. The molecule has 0 heterocycles. The highest BCUT2D eigenvalue weighted by Crippen LogP contribution is 2.28. The molecular weight excluding hydrogens is 374 g/mol. The van der Waals surface area contributed by atoms with Crippen LogP contribution in [0.2, 0.25) is 0 Å². The van der Waals surface area contributed by atoms with Gasteiger partial charge in [-0.3, -0.25) is 9.59 Å². The fourth-order valence-electron chi connectivity index (χ4n) is 2.42. The number of carbonyl (C=O) groups excluding carboxylic acids is 2. The Labute approximate surface area is 169 Å². The van der Waals surface area contributed by atoms with E-state index in [1.807, 2.05) is 13.0 Å². The van der Waals surface area contributed by atoms with Gasteiger partial charge < -0.3 is 24.4 Å². The largest absolute Gasteiger partial charge is 0.497 e. The normalized spacial score (nSPS) is 9.86. The number of benzene rings is 2. The number of nitrogens with one attached hydrogen (secondary N) is 1. The minimum atomic E-state index is -0.377. The molecule has 0 fully saturated rings. The molecule has 0 aliphatic rings. The van der Waals surface area contributed by atoms with Crippen molar-refractivity contribution in [3.63, 3.8) is 0 Å². The smallest absolute Gasteiger partial charge is 0.260 e. The second kappa shape index (κ2) is 10.6. The molecule has 0 spiro atoms. The summed E-state index contributed by atoms with van der Waals surface area (Å²) in [5, 5.41) is 11.7. The number of ether oxygens (including phenoxy) is 3. The van der Waals surface area contributed by atoms with E-state index < -0.39 is 0 Å². The van der Waals surface area contributed by atoms with Gasteiger partial charge >= 0.3 is 0 Å². The highest BCUT2D eigenvalue weighted by molar-refractivity contribution is 5.94. The van der Waals surface area contributed by atoms with Crippen LogP contribution in [0.25, 0.3) is 0 Å². The van der Waals surface area contributed by atoms with Crippen molar-refractivity contribution in [1.82, 2.24) is 4.90 Å². The predicted octanol–water partition coefficient (Wildman–Crippen LogP) is 2.44. The fraction of sp³-hybridized carbons (Fsp3) is 0.286. The first-order valence-electron chi connectivity index (χ1n) is 8.94. The Morgan fingerprint density at radius 2 is 1.93 bits per heavy atom. The molecule has 29 heavy (non-hydrogen) atoms. The van der Waals surface area contributed by atoms with Gasteiger partial charge in [0.05, 0.1) is 31.9 Å². The Kier molecular flexibility index (Phi) is 7.86. The van der Waals surface area contributed by atoms with E-state index >= 15 is 0 Å². The van der Waals surface area contributed by atoms with Crippen molar-refractivity contribution in [2.24, 2.45) is 0 Å². The Morgan fingerprint density at radius 3 is 2.62 bits per heavy atom. The quantitative estimate of drug-likeness (QED) is 0.697. The van der Waals surface area contributed by atoms with E-state index in [1.165, 1.54) is 19.1 Å².